The van der Waals surface area contributed by atoms with Gasteiger partial charge in [0.05, 0.1) is 25.8 Å². The highest BCUT2D eigenvalue weighted by atomic mass is 16.5. The number of fused-ring (bicyclic) bond motifs is 3. The van der Waals surface area contributed by atoms with Gasteiger partial charge >= 0.3 is 5.69 Å². The van der Waals surface area contributed by atoms with Crippen LogP contribution in [0.5, 0.6) is 5.75 Å². The lowest BCUT2D eigenvalue weighted by molar-refractivity contribution is 0.154. The van der Waals surface area contributed by atoms with Crippen molar-refractivity contribution in [3.63, 3.8) is 0 Å². The van der Waals surface area contributed by atoms with Gasteiger partial charge in [-0.15, -0.1) is 0 Å². The van der Waals surface area contributed by atoms with Gasteiger partial charge in [0, 0.05) is 19.3 Å². The third kappa shape index (κ3) is 3.77. The number of hydrogen-bond acceptors (Lipinski definition) is 6. The van der Waals surface area contributed by atoms with Gasteiger partial charge < -0.3 is 19.3 Å². The van der Waals surface area contributed by atoms with E-state index in [1.807, 2.05) is 66.4 Å². The Bertz CT molecular complexity index is 1440. The normalized spacial score (nSPS) is 15.5. The summed E-state index contributed by atoms with van der Waals surface area (Å²) >= 11 is 0. The third-order valence-electron chi connectivity index (χ3n) is 6.17. The van der Waals surface area contributed by atoms with E-state index >= 15 is 0 Å². The fourth-order valence-corrected chi connectivity index (χ4v) is 4.49. The molecule has 0 radical (unpaired) electrons. The lowest BCUT2D eigenvalue weighted by Gasteiger charge is -2.32. The maximum Gasteiger partial charge on any atom is 0.332 e. The summed E-state index contributed by atoms with van der Waals surface area (Å²) in [6, 6.07) is 17.2. The lowest BCUT2D eigenvalue weighted by Crippen LogP contribution is -2.42. The molecule has 5 rings (SSSR count). The van der Waals surface area contributed by atoms with Crippen molar-refractivity contribution in [2.75, 3.05) is 18.1 Å². The quantitative estimate of drug-likeness (QED) is 0.472. The van der Waals surface area contributed by atoms with Crippen LogP contribution in [0.4, 0.5) is 11.6 Å². The number of anilines is 2. The number of hydrogen-bond donors (Lipinski definition) is 1. The van der Waals surface area contributed by atoms with Crippen molar-refractivity contribution in [1.82, 2.24) is 18.7 Å². The molecule has 0 unspecified atom stereocenters. The summed E-state index contributed by atoms with van der Waals surface area (Å²) in [6.07, 6.45) is -0.144. The van der Waals surface area contributed by atoms with Crippen LogP contribution in [-0.4, -0.2) is 43.0 Å². The Labute approximate surface area is 196 Å². The van der Waals surface area contributed by atoms with Crippen molar-refractivity contribution in [3.05, 3.63) is 81.0 Å². The highest BCUT2D eigenvalue weighted by Crippen LogP contribution is 2.32. The second-order valence-corrected chi connectivity index (χ2v) is 8.42. The number of aromatic nitrogens is 4. The molecule has 2 aromatic heterocycles. The highest BCUT2D eigenvalue weighted by molar-refractivity contribution is 5.77. The largest absolute Gasteiger partial charge is 0.494 e. The predicted octanol–water partition coefficient (Wildman–Crippen LogP) is 2.05. The van der Waals surface area contributed by atoms with E-state index in [-0.39, 0.29) is 13.1 Å². The van der Waals surface area contributed by atoms with E-state index < -0.39 is 17.4 Å². The molecule has 1 aliphatic rings. The van der Waals surface area contributed by atoms with Crippen LogP contribution in [0.15, 0.2) is 64.2 Å². The molecular weight excluding hydrogens is 434 g/mol. The Balaban J connectivity index is 1.60. The molecule has 1 N–H and O–H groups in total. The van der Waals surface area contributed by atoms with Gasteiger partial charge in [-0.3, -0.25) is 13.9 Å². The van der Waals surface area contributed by atoms with Crippen LogP contribution in [0.2, 0.25) is 0 Å². The van der Waals surface area contributed by atoms with E-state index in [1.54, 1.807) is 11.6 Å². The molecule has 0 amide bonds. The molecule has 0 bridgehead atoms. The summed E-state index contributed by atoms with van der Waals surface area (Å²) in [7, 11) is 1.62. The number of β-amino-alcohol motifs (C(OH)–C–C–N with tert-alkyl or cyclic N) is 1. The zero-order chi connectivity index (χ0) is 23.8. The molecule has 176 valence electrons. The molecule has 0 fully saturated rings. The number of imidazole rings is 1. The molecule has 9 heteroatoms. The number of aliphatic hydroxyl groups excluding tert-OH is 1. The zero-order valence-electron chi connectivity index (χ0n) is 19.2. The Morgan fingerprint density at radius 3 is 2.50 bits per heavy atom. The second-order valence-electron chi connectivity index (χ2n) is 8.42. The van der Waals surface area contributed by atoms with E-state index in [1.165, 1.54) is 9.13 Å². The summed E-state index contributed by atoms with van der Waals surface area (Å²) in [5.74, 6) is 1.28. The fraction of sp³-hybridized carbons (Fsp3) is 0.320. The van der Waals surface area contributed by atoms with Gasteiger partial charge in [0.1, 0.15) is 5.75 Å². The number of aliphatic hydroxyl groups is 1. The number of benzene rings is 2. The van der Waals surface area contributed by atoms with Crippen molar-refractivity contribution in [2.45, 2.75) is 32.5 Å². The minimum Gasteiger partial charge on any atom is -0.494 e. The Morgan fingerprint density at radius 2 is 1.79 bits per heavy atom. The molecule has 9 nitrogen and oxygen atoms in total. The van der Waals surface area contributed by atoms with Crippen LogP contribution in [0.3, 0.4) is 0 Å². The van der Waals surface area contributed by atoms with Crippen LogP contribution in [0.1, 0.15) is 12.5 Å². The molecular formula is C25H27N5O4. The van der Waals surface area contributed by atoms with Gasteiger partial charge in [-0.25, -0.2) is 4.79 Å². The highest BCUT2D eigenvalue weighted by Gasteiger charge is 2.30. The van der Waals surface area contributed by atoms with Crippen LogP contribution in [0.25, 0.3) is 11.2 Å². The Hall–Kier alpha value is -3.85. The number of rotatable bonds is 6. The Morgan fingerprint density at radius 1 is 1.06 bits per heavy atom. The smallest absolute Gasteiger partial charge is 0.332 e. The first-order valence-electron chi connectivity index (χ1n) is 11.4. The number of nitrogens with zero attached hydrogens (tertiary/aromatic N) is 5. The van der Waals surface area contributed by atoms with Crippen LogP contribution in [-0.2, 0) is 26.6 Å². The van der Waals surface area contributed by atoms with E-state index in [9.17, 15) is 14.7 Å². The van der Waals surface area contributed by atoms with Gasteiger partial charge in [0.25, 0.3) is 5.56 Å². The first-order valence-corrected chi connectivity index (χ1v) is 11.4. The molecule has 0 saturated carbocycles. The Kier molecular flexibility index (Phi) is 5.70. The average molecular weight is 462 g/mol. The molecule has 0 aliphatic carbocycles. The van der Waals surface area contributed by atoms with Crippen molar-refractivity contribution >= 4 is 22.8 Å². The minimum absolute atomic E-state index is 0.228. The van der Waals surface area contributed by atoms with Crippen LogP contribution < -0.4 is 20.9 Å². The van der Waals surface area contributed by atoms with Gasteiger partial charge in [0.15, 0.2) is 11.2 Å². The van der Waals surface area contributed by atoms with Crippen molar-refractivity contribution in [3.8, 4) is 5.75 Å². The molecule has 1 aliphatic heterocycles. The van der Waals surface area contributed by atoms with E-state index in [4.69, 9.17) is 4.74 Å². The number of ether oxygens (including phenoxy) is 1. The van der Waals surface area contributed by atoms with E-state index in [2.05, 4.69) is 4.98 Å². The first-order chi connectivity index (χ1) is 16.5. The van der Waals surface area contributed by atoms with Crippen molar-refractivity contribution in [2.24, 2.45) is 7.05 Å². The van der Waals surface area contributed by atoms with Crippen LogP contribution in [0, 0.1) is 0 Å². The zero-order valence-corrected chi connectivity index (χ0v) is 19.2. The third-order valence-corrected chi connectivity index (χ3v) is 6.17. The molecule has 3 heterocycles. The monoisotopic (exact) mass is 461 g/mol. The summed E-state index contributed by atoms with van der Waals surface area (Å²) in [5.41, 5.74) is 1.69. The predicted molar refractivity (Wildman–Crippen MR) is 130 cm³/mol. The van der Waals surface area contributed by atoms with Gasteiger partial charge in [-0.2, -0.15) is 4.98 Å². The summed E-state index contributed by atoms with van der Waals surface area (Å²) < 4.78 is 9.92. The topological polar surface area (TPSA) is 94.5 Å². The minimum atomic E-state index is -0.703. The maximum absolute atomic E-state index is 13.5. The van der Waals surface area contributed by atoms with Crippen LogP contribution >= 0.6 is 0 Å². The molecule has 0 saturated heterocycles. The first kappa shape index (κ1) is 22.0. The SMILES string of the molecule is CCOc1ccc(N2C[C@H](O)Cn3c2nc2c3c(=O)n(CCc3ccccc3)c(=O)n2C)cc1. The molecule has 1 atom stereocenters. The fourth-order valence-electron chi connectivity index (χ4n) is 4.49. The van der Waals surface area contributed by atoms with E-state index in [0.29, 0.717) is 36.7 Å². The second kappa shape index (κ2) is 8.83. The molecule has 34 heavy (non-hydrogen) atoms. The average Bonchev–Trinajstić information content (AvgIpc) is 3.23. The summed E-state index contributed by atoms with van der Waals surface area (Å²) in [4.78, 5) is 33.1. The summed E-state index contributed by atoms with van der Waals surface area (Å²) in [6.45, 7) is 3.31. The molecule has 0 spiro atoms. The van der Waals surface area contributed by atoms with Crippen molar-refractivity contribution < 1.29 is 9.84 Å². The maximum atomic E-state index is 13.5. The van der Waals surface area contributed by atoms with Gasteiger partial charge in [-0.05, 0) is 43.2 Å². The molecule has 2 aromatic carbocycles. The summed E-state index contributed by atoms with van der Waals surface area (Å²) in [5, 5.41) is 10.6. The van der Waals surface area contributed by atoms with Gasteiger partial charge in [0.2, 0.25) is 5.95 Å². The van der Waals surface area contributed by atoms with E-state index in [0.717, 1.165) is 17.0 Å². The standard InChI is InChI=1S/C25H27N5O4/c1-3-34-20-11-9-18(10-12-20)29-15-19(31)16-30-21-22(26-24(29)30)27(2)25(33)28(23(21)32)14-13-17-7-5-4-6-8-17/h4-12,19,31H,3,13-16H2,1-2H3/t19-/m0/s1. The molecule has 4 aromatic rings. The van der Waals surface area contributed by atoms with Gasteiger partial charge in [-0.1, -0.05) is 30.3 Å². The van der Waals surface area contributed by atoms with Crippen molar-refractivity contribution in [1.29, 1.82) is 0 Å². The lowest BCUT2D eigenvalue weighted by atomic mass is 10.1. The number of aryl methyl sites for hydroxylation is 2.